The van der Waals surface area contributed by atoms with Crippen LogP contribution >= 0.6 is 22.9 Å². The van der Waals surface area contributed by atoms with E-state index in [2.05, 4.69) is 10.2 Å². The van der Waals surface area contributed by atoms with Gasteiger partial charge < -0.3 is 9.80 Å². The third-order valence-electron chi connectivity index (χ3n) is 3.09. The second-order valence-electron chi connectivity index (χ2n) is 5.13. The van der Waals surface area contributed by atoms with E-state index in [4.69, 9.17) is 11.6 Å². The summed E-state index contributed by atoms with van der Waals surface area (Å²) in [6.07, 6.45) is 0.556. The zero-order valence-electron chi connectivity index (χ0n) is 11.5. The zero-order valence-corrected chi connectivity index (χ0v) is 13.1. The third-order valence-corrected chi connectivity index (χ3v) is 4.09. The smallest absolute Gasteiger partial charge is 0.285 e. The van der Waals surface area contributed by atoms with Gasteiger partial charge in [-0.3, -0.25) is 9.59 Å². The fourth-order valence-electron chi connectivity index (χ4n) is 2.06. The van der Waals surface area contributed by atoms with Gasteiger partial charge in [0.15, 0.2) is 0 Å². The van der Waals surface area contributed by atoms with Gasteiger partial charge in [0.05, 0.1) is 0 Å². The van der Waals surface area contributed by atoms with Gasteiger partial charge in [-0.1, -0.05) is 25.2 Å². The molecule has 1 aliphatic heterocycles. The fourth-order valence-corrected chi connectivity index (χ4v) is 2.86. The van der Waals surface area contributed by atoms with Gasteiger partial charge in [-0.05, 0) is 17.5 Å². The number of amides is 2. The molecule has 0 N–H and O–H groups in total. The molecule has 1 saturated heterocycles. The Morgan fingerprint density at radius 1 is 1.20 bits per heavy atom. The summed E-state index contributed by atoms with van der Waals surface area (Å²) in [6, 6.07) is 0. The van der Waals surface area contributed by atoms with Gasteiger partial charge in [0, 0.05) is 32.6 Å². The Hall–Kier alpha value is -1.21. The molecular weight excluding hydrogens is 300 g/mol. The number of carbonyl (C=O) groups is 2. The van der Waals surface area contributed by atoms with Crippen LogP contribution in [0.5, 0.6) is 0 Å². The normalized spacial score (nSPS) is 15.8. The Morgan fingerprint density at radius 2 is 1.80 bits per heavy atom. The van der Waals surface area contributed by atoms with Crippen molar-refractivity contribution >= 4 is 34.8 Å². The lowest BCUT2D eigenvalue weighted by molar-refractivity contribution is -0.133. The van der Waals surface area contributed by atoms with Crippen molar-refractivity contribution in [2.45, 2.75) is 20.3 Å². The van der Waals surface area contributed by atoms with Crippen LogP contribution in [-0.2, 0) is 4.79 Å². The van der Waals surface area contributed by atoms with E-state index in [1.54, 1.807) is 4.90 Å². The van der Waals surface area contributed by atoms with Crippen molar-refractivity contribution in [2.24, 2.45) is 5.92 Å². The van der Waals surface area contributed by atoms with Crippen molar-refractivity contribution in [2.75, 3.05) is 26.2 Å². The summed E-state index contributed by atoms with van der Waals surface area (Å²) in [6.45, 7) is 6.25. The average molecular weight is 317 g/mol. The van der Waals surface area contributed by atoms with Crippen LogP contribution in [-0.4, -0.2) is 58.0 Å². The molecule has 1 aromatic heterocycles. The first-order valence-electron chi connectivity index (χ1n) is 6.53. The third kappa shape index (κ3) is 3.67. The Kier molecular flexibility index (Phi) is 4.93. The number of halogens is 1. The number of nitrogens with zero attached hydrogens (tertiary/aromatic N) is 4. The van der Waals surface area contributed by atoms with E-state index in [0.717, 1.165) is 11.3 Å². The zero-order chi connectivity index (χ0) is 14.7. The minimum absolute atomic E-state index is 0.158. The molecule has 1 aliphatic rings. The lowest BCUT2D eigenvalue weighted by atomic mass is 10.1. The maximum absolute atomic E-state index is 12.1. The number of carbonyl (C=O) groups excluding carboxylic acids is 2. The quantitative estimate of drug-likeness (QED) is 0.848. The van der Waals surface area contributed by atoms with E-state index in [-0.39, 0.29) is 16.3 Å². The molecule has 0 radical (unpaired) electrons. The number of hydrogen-bond acceptors (Lipinski definition) is 5. The van der Waals surface area contributed by atoms with Gasteiger partial charge in [-0.25, -0.2) is 0 Å². The lowest BCUT2D eigenvalue weighted by Gasteiger charge is -2.34. The SMILES string of the molecule is CC(C)CC(=O)N1CCN(C(=O)c2nnc(Cl)s2)CC1. The molecular formula is C12H17ClN4O2S. The summed E-state index contributed by atoms with van der Waals surface area (Å²) in [7, 11) is 0. The van der Waals surface area contributed by atoms with E-state index in [1.807, 2.05) is 18.7 Å². The molecule has 110 valence electrons. The number of aromatic nitrogens is 2. The second kappa shape index (κ2) is 6.49. The van der Waals surface area contributed by atoms with Gasteiger partial charge in [0.2, 0.25) is 15.4 Å². The summed E-state index contributed by atoms with van der Waals surface area (Å²) in [5.74, 6) is 0.349. The maximum Gasteiger partial charge on any atom is 0.285 e. The van der Waals surface area contributed by atoms with Crippen molar-refractivity contribution in [3.8, 4) is 0 Å². The number of hydrogen-bond donors (Lipinski definition) is 0. The first kappa shape index (κ1) is 15.2. The highest BCUT2D eigenvalue weighted by molar-refractivity contribution is 7.17. The first-order valence-corrected chi connectivity index (χ1v) is 7.73. The Balaban J connectivity index is 1.88. The molecule has 0 atom stereocenters. The van der Waals surface area contributed by atoms with E-state index in [1.165, 1.54) is 0 Å². The van der Waals surface area contributed by atoms with Crippen LogP contribution in [0.2, 0.25) is 4.47 Å². The molecule has 20 heavy (non-hydrogen) atoms. The highest BCUT2D eigenvalue weighted by atomic mass is 35.5. The molecule has 8 heteroatoms. The van der Waals surface area contributed by atoms with Crippen molar-refractivity contribution in [3.05, 3.63) is 9.47 Å². The van der Waals surface area contributed by atoms with Crippen molar-refractivity contribution in [1.29, 1.82) is 0 Å². The van der Waals surface area contributed by atoms with E-state index >= 15 is 0 Å². The van der Waals surface area contributed by atoms with Crippen LogP contribution in [0.15, 0.2) is 0 Å². The summed E-state index contributed by atoms with van der Waals surface area (Å²) in [5.41, 5.74) is 0. The minimum atomic E-state index is -0.162. The molecule has 6 nitrogen and oxygen atoms in total. The molecule has 2 rings (SSSR count). The molecule has 0 spiro atoms. The average Bonchev–Trinajstić information content (AvgIpc) is 2.84. The first-order chi connectivity index (χ1) is 9.47. The standard InChI is InChI=1S/C12H17ClN4O2S/c1-8(2)7-9(18)16-3-5-17(6-4-16)11(19)10-14-15-12(13)20-10/h8H,3-7H2,1-2H3. The highest BCUT2D eigenvalue weighted by Crippen LogP contribution is 2.17. The van der Waals surface area contributed by atoms with Gasteiger partial charge >= 0.3 is 0 Å². The van der Waals surface area contributed by atoms with Crippen LogP contribution < -0.4 is 0 Å². The molecule has 0 saturated carbocycles. The van der Waals surface area contributed by atoms with E-state index in [0.29, 0.717) is 43.5 Å². The predicted octanol–water partition coefficient (Wildman–Crippen LogP) is 1.52. The minimum Gasteiger partial charge on any atom is -0.339 e. The Labute approximate surface area is 126 Å². The largest absolute Gasteiger partial charge is 0.339 e. The summed E-state index contributed by atoms with van der Waals surface area (Å²) < 4.78 is 0.263. The van der Waals surface area contributed by atoms with Gasteiger partial charge in [-0.2, -0.15) is 0 Å². The molecule has 2 amide bonds. The summed E-state index contributed by atoms with van der Waals surface area (Å²) in [5, 5.41) is 7.68. The fraction of sp³-hybridized carbons (Fsp3) is 0.667. The number of rotatable bonds is 3. The van der Waals surface area contributed by atoms with Crippen LogP contribution in [0.3, 0.4) is 0 Å². The van der Waals surface area contributed by atoms with Gasteiger partial charge in [0.1, 0.15) is 0 Å². The topological polar surface area (TPSA) is 66.4 Å². The van der Waals surface area contributed by atoms with Crippen LogP contribution in [0.25, 0.3) is 0 Å². The lowest BCUT2D eigenvalue weighted by Crippen LogP contribution is -2.50. The molecule has 2 heterocycles. The van der Waals surface area contributed by atoms with Gasteiger partial charge in [-0.15, -0.1) is 10.2 Å². The Morgan fingerprint density at radius 3 is 2.30 bits per heavy atom. The predicted molar refractivity (Wildman–Crippen MR) is 76.9 cm³/mol. The van der Waals surface area contributed by atoms with E-state index < -0.39 is 0 Å². The Bertz CT molecular complexity index is 497. The molecule has 0 unspecified atom stereocenters. The molecule has 1 aromatic rings. The van der Waals surface area contributed by atoms with Crippen molar-refractivity contribution in [3.63, 3.8) is 0 Å². The second-order valence-corrected chi connectivity index (χ2v) is 6.69. The van der Waals surface area contributed by atoms with Crippen LogP contribution in [0.4, 0.5) is 0 Å². The van der Waals surface area contributed by atoms with Gasteiger partial charge in [0.25, 0.3) is 5.91 Å². The van der Waals surface area contributed by atoms with Crippen LogP contribution in [0, 0.1) is 5.92 Å². The highest BCUT2D eigenvalue weighted by Gasteiger charge is 2.26. The monoisotopic (exact) mass is 316 g/mol. The molecule has 1 fully saturated rings. The summed E-state index contributed by atoms with van der Waals surface area (Å²) >= 11 is 6.75. The van der Waals surface area contributed by atoms with E-state index in [9.17, 15) is 9.59 Å². The van der Waals surface area contributed by atoms with Crippen molar-refractivity contribution in [1.82, 2.24) is 20.0 Å². The molecule has 0 aliphatic carbocycles. The van der Waals surface area contributed by atoms with Crippen LogP contribution in [0.1, 0.15) is 30.1 Å². The molecule has 0 aromatic carbocycles. The van der Waals surface area contributed by atoms with Crippen molar-refractivity contribution < 1.29 is 9.59 Å². The maximum atomic E-state index is 12.1. The summed E-state index contributed by atoms with van der Waals surface area (Å²) in [4.78, 5) is 27.6. The molecule has 0 bridgehead atoms. The number of piperazine rings is 1.